The Labute approximate surface area is 130 Å². The fourth-order valence-corrected chi connectivity index (χ4v) is 2.89. The second-order valence-corrected chi connectivity index (χ2v) is 7.50. The largest absolute Gasteiger partial charge is 0.328 e. The van der Waals surface area contributed by atoms with Gasteiger partial charge in [0, 0.05) is 26.9 Å². The molecule has 0 radical (unpaired) electrons. The molecule has 112 valence electrons. The fourth-order valence-electron chi connectivity index (χ4n) is 1.63. The van der Waals surface area contributed by atoms with Crippen molar-refractivity contribution >= 4 is 35.7 Å². The normalized spacial score (nSPS) is 11.6. The van der Waals surface area contributed by atoms with Gasteiger partial charge in [-0.15, -0.1) is 0 Å². The van der Waals surface area contributed by atoms with Gasteiger partial charge >= 0.3 is 5.69 Å². The fraction of sp³-hybridized carbons (Fsp3) is 0.0909. The molecule has 1 heterocycles. The molecule has 6 nitrogen and oxygen atoms in total. The van der Waals surface area contributed by atoms with Crippen LogP contribution in [-0.2, 0) is 15.6 Å². The summed E-state index contributed by atoms with van der Waals surface area (Å²) in [5.41, 5.74) is -1.86. The summed E-state index contributed by atoms with van der Waals surface area (Å²) in [5.74, 6) is -0.577. The molecule has 1 aromatic carbocycles. The third-order valence-electron chi connectivity index (χ3n) is 2.59. The van der Waals surface area contributed by atoms with Gasteiger partial charge in [-0.2, -0.15) is 0 Å². The average Bonchev–Trinajstić information content (AvgIpc) is 2.35. The number of nitrogens with zero attached hydrogens (tertiary/aromatic N) is 1. The predicted molar refractivity (Wildman–Crippen MR) is 77.6 cm³/mol. The Morgan fingerprint density at radius 2 is 2.00 bits per heavy atom. The van der Waals surface area contributed by atoms with Crippen LogP contribution in [0.2, 0.25) is 0 Å². The van der Waals surface area contributed by atoms with E-state index in [-0.39, 0.29) is 12.1 Å². The zero-order valence-corrected chi connectivity index (χ0v) is 13.3. The predicted octanol–water partition coefficient (Wildman–Crippen LogP) is 1.41. The molecule has 0 saturated carbocycles. The first-order valence-corrected chi connectivity index (χ1v) is 8.51. The average molecular weight is 398 g/mol. The second-order valence-electron chi connectivity index (χ2n) is 4.05. The molecular formula is C11H7BrClFN2O4S. The minimum absolute atomic E-state index is 0.136. The summed E-state index contributed by atoms with van der Waals surface area (Å²) >= 11 is 3.16. The maximum atomic E-state index is 13.6. The Morgan fingerprint density at radius 1 is 1.33 bits per heavy atom. The Hall–Kier alpha value is -1.45. The van der Waals surface area contributed by atoms with Gasteiger partial charge < -0.3 is 0 Å². The molecule has 0 spiro atoms. The smallest absolute Gasteiger partial charge is 0.295 e. The number of H-pyrrole nitrogens is 1. The van der Waals surface area contributed by atoms with Gasteiger partial charge in [-0.25, -0.2) is 17.6 Å². The molecular weight excluding hydrogens is 391 g/mol. The topological polar surface area (TPSA) is 89.0 Å². The molecule has 0 atom stereocenters. The minimum atomic E-state index is -4.32. The lowest BCUT2D eigenvalue weighted by molar-refractivity contribution is 0.585. The molecule has 2 rings (SSSR count). The molecule has 10 heteroatoms. The third kappa shape index (κ3) is 3.60. The molecule has 0 amide bonds. The Morgan fingerprint density at radius 3 is 2.62 bits per heavy atom. The van der Waals surface area contributed by atoms with E-state index in [1.54, 1.807) is 0 Å². The summed E-state index contributed by atoms with van der Waals surface area (Å²) in [7, 11) is 0.785. The zero-order chi connectivity index (χ0) is 15.8. The number of halogens is 3. The number of aromatic amines is 1. The lowest BCUT2D eigenvalue weighted by atomic mass is 10.2. The minimum Gasteiger partial charge on any atom is -0.295 e. The first-order chi connectivity index (χ1) is 9.68. The van der Waals surface area contributed by atoms with E-state index in [2.05, 4.69) is 15.9 Å². The number of hydrogen-bond acceptors (Lipinski definition) is 4. The third-order valence-corrected chi connectivity index (χ3v) is 4.40. The van der Waals surface area contributed by atoms with Gasteiger partial charge in [0.1, 0.15) is 5.82 Å². The highest BCUT2D eigenvalue weighted by atomic mass is 79.9. The summed E-state index contributed by atoms with van der Waals surface area (Å²) in [6, 6.07) is 4.10. The highest BCUT2D eigenvalue weighted by Gasteiger charge is 2.17. The first-order valence-electron chi connectivity index (χ1n) is 5.41. The standard InChI is InChI=1S/C11H7BrClFN2O4S/c12-7-1-2-8(14)6(3-7)4-16-5-9(21(13,19)20)10(17)15-11(16)18/h1-3,5H,4H2,(H,15,17,18). The summed E-state index contributed by atoms with van der Waals surface area (Å²) < 4.78 is 37.6. The van der Waals surface area contributed by atoms with Crippen molar-refractivity contribution in [3.8, 4) is 0 Å². The molecule has 0 bridgehead atoms. The van der Waals surface area contributed by atoms with Crippen LogP contribution < -0.4 is 11.2 Å². The summed E-state index contributed by atoms with van der Waals surface area (Å²) in [5, 5.41) is 0. The van der Waals surface area contributed by atoms with Crippen molar-refractivity contribution in [1.29, 1.82) is 0 Å². The van der Waals surface area contributed by atoms with Crippen LogP contribution in [0.1, 0.15) is 5.56 Å². The summed E-state index contributed by atoms with van der Waals surface area (Å²) in [4.78, 5) is 24.1. The molecule has 0 aliphatic rings. The number of aromatic nitrogens is 2. The molecule has 1 N–H and O–H groups in total. The lowest BCUT2D eigenvalue weighted by Gasteiger charge is -2.08. The van der Waals surface area contributed by atoms with Crippen molar-refractivity contribution in [1.82, 2.24) is 9.55 Å². The monoisotopic (exact) mass is 396 g/mol. The van der Waals surface area contributed by atoms with E-state index in [4.69, 9.17) is 10.7 Å². The van der Waals surface area contributed by atoms with Crippen LogP contribution in [0, 0.1) is 5.82 Å². The molecule has 0 aliphatic carbocycles. The van der Waals surface area contributed by atoms with Crippen molar-refractivity contribution in [2.24, 2.45) is 0 Å². The van der Waals surface area contributed by atoms with Crippen LogP contribution in [0.4, 0.5) is 4.39 Å². The van der Waals surface area contributed by atoms with E-state index in [1.807, 2.05) is 4.98 Å². The van der Waals surface area contributed by atoms with Crippen LogP contribution in [0.25, 0.3) is 0 Å². The molecule has 1 aromatic heterocycles. The maximum absolute atomic E-state index is 13.6. The van der Waals surface area contributed by atoms with Crippen molar-refractivity contribution in [2.45, 2.75) is 11.4 Å². The number of benzene rings is 1. The Balaban J connectivity index is 2.58. The highest BCUT2D eigenvalue weighted by Crippen LogP contribution is 2.16. The van der Waals surface area contributed by atoms with Crippen molar-refractivity contribution in [2.75, 3.05) is 0 Å². The van der Waals surface area contributed by atoms with E-state index >= 15 is 0 Å². The number of nitrogens with one attached hydrogen (secondary N) is 1. The van der Waals surface area contributed by atoms with Gasteiger partial charge in [0.25, 0.3) is 14.6 Å². The van der Waals surface area contributed by atoms with Crippen molar-refractivity contribution in [3.63, 3.8) is 0 Å². The van der Waals surface area contributed by atoms with E-state index in [0.29, 0.717) is 4.47 Å². The Kier molecular flexibility index (Phi) is 4.35. The van der Waals surface area contributed by atoms with Gasteiger partial charge in [0.05, 0.1) is 6.54 Å². The number of hydrogen-bond donors (Lipinski definition) is 1. The van der Waals surface area contributed by atoms with Gasteiger partial charge in [-0.1, -0.05) is 15.9 Å². The van der Waals surface area contributed by atoms with Crippen LogP contribution >= 0.6 is 26.6 Å². The van der Waals surface area contributed by atoms with Crippen molar-refractivity contribution < 1.29 is 12.8 Å². The second kappa shape index (κ2) is 5.74. The highest BCUT2D eigenvalue weighted by molar-refractivity contribution is 9.10. The van der Waals surface area contributed by atoms with Crippen molar-refractivity contribution in [3.05, 3.63) is 61.1 Å². The molecule has 0 aliphatic heterocycles. The molecule has 2 aromatic rings. The number of rotatable bonds is 3. The lowest BCUT2D eigenvalue weighted by Crippen LogP contribution is -2.32. The van der Waals surface area contributed by atoms with Crippen LogP contribution in [-0.4, -0.2) is 18.0 Å². The Bertz CT molecular complexity index is 923. The van der Waals surface area contributed by atoms with Crippen LogP contribution in [0.5, 0.6) is 0 Å². The zero-order valence-electron chi connectivity index (χ0n) is 10.1. The van der Waals surface area contributed by atoms with E-state index < -0.39 is 31.0 Å². The first kappa shape index (κ1) is 15.9. The van der Waals surface area contributed by atoms with Crippen LogP contribution in [0.3, 0.4) is 0 Å². The van der Waals surface area contributed by atoms with Gasteiger partial charge in [-0.05, 0) is 18.2 Å². The molecule has 21 heavy (non-hydrogen) atoms. The molecule has 0 unspecified atom stereocenters. The quantitative estimate of drug-likeness (QED) is 0.793. The van der Waals surface area contributed by atoms with Crippen LogP contribution in [0.15, 0.2) is 43.4 Å². The molecule has 0 saturated heterocycles. The van der Waals surface area contributed by atoms with E-state index in [9.17, 15) is 22.4 Å². The van der Waals surface area contributed by atoms with Gasteiger partial charge in [0.2, 0.25) is 0 Å². The summed E-state index contributed by atoms with van der Waals surface area (Å²) in [6.45, 7) is -0.264. The van der Waals surface area contributed by atoms with Gasteiger partial charge in [-0.3, -0.25) is 14.3 Å². The molecule has 0 fully saturated rings. The summed E-state index contributed by atoms with van der Waals surface area (Å²) in [6.07, 6.45) is 0.782. The maximum Gasteiger partial charge on any atom is 0.328 e. The SMILES string of the molecule is O=c1[nH]c(=O)n(Cc2cc(Br)ccc2F)cc1S(=O)(=O)Cl. The van der Waals surface area contributed by atoms with E-state index in [0.717, 1.165) is 10.8 Å². The van der Waals surface area contributed by atoms with Gasteiger partial charge in [0.15, 0.2) is 4.90 Å². The van der Waals surface area contributed by atoms with E-state index in [1.165, 1.54) is 18.2 Å².